The number of fused-ring (bicyclic) bond motifs is 5. The van der Waals surface area contributed by atoms with Gasteiger partial charge in [0.25, 0.3) is 0 Å². The molecule has 0 saturated heterocycles. The van der Waals surface area contributed by atoms with E-state index in [1.165, 1.54) is 30.4 Å². The first kappa shape index (κ1) is 18.0. The molecule has 0 aliphatic heterocycles. The van der Waals surface area contributed by atoms with Crippen molar-refractivity contribution in [3.8, 4) is 0 Å². The molecule has 0 amide bonds. The number of aliphatic hydroxyl groups excluding tert-OH is 1. The molecule has 0 bridgehead atoms. The van der Waals surface area contributed by atoms with Gasteiger partial charge in [-0.05, 0) is 74.0 Å². The minimum atomic E-state index is -0.174. The molecule has 0 spiro atoms. The molecule has 0 aromatic carbocycles. The number of carbonyl (C=O) groups excluding carboxylic acids is 1. The quantitative estimate of drug-likeness (QED) is 0.536. The summed E-state index contributed by atoms with van der Waals surface area (Å²) >= 11 is 0. The third-order valence-corrected chi connectivity index (χ3v) is 8.73. The number of nitrogens with zero attached hydrogens (tertiary/aromatic N) is 1. The molecular formula is C23H31NO2. The monoisotopic (exact) mass is 353 g/mol. The average Bonchev–Trinajstić information content (AvgIpc) is 2.98. The van der Waals surface area contributed by atoms with Crippen molar-refractivity contribution in [2.45, 2.75) is 65.7 Å². The predicted octanol–water partition coefficient (Wildman–Crippen LogP) is 4.93. The summed E-state index contributed by atoms with van der Waals surface area (Å²) in [5, 5.41) is 9.70. The molecule has 0 unspecified atom stereocenters. The molecule has 140 valence electrons. The van der Waals surface area contributed by atoms with Crippen LogP contribution in [0.3, 0.4) is 0 Å². The molecule has 3 nitrogen and oxygen atoms in total. The zero-order valence-corrected chi connectivity index (χ0v) is 16.3. The van der Waals surface area contributed by atoms with Crippen LogP contribution in [0.15, 0.2) is 22.9 Å². The first-order valence-corrected chi connectivity index (χ1v) is 10.3. The molecular weight excluding hydrogens is 322 g/mol. The number of hydrogen-bond donors (Lipinski definition) is 1. The molecule has 4 rings (SSSR count). The highest BCUT2D eigenvalue weighted by molar-refractivity contribution is 5.85. The Morgan fingerprint density at radius 3 is 2.73 bits per heavy atom. The zero-order chi connectivity index (χ0) is 18.7. The standard InChI is InChI=1S/C23H31NO2/c1-14(24-4)18-7-8-19-17-6-5-16-11-21(26)15(13-25)12-23(16,3)20(17)9-10-22(18,19)2/h5,15,17,19-20,25H,6-13H2,1-3H3/b18-14-/t15-,17+,19+,20+,22-,23+/m1/s1. The van der Waals surface area contributed by atoms with Gasteiger partial charge in [-0.3, -0.25) is 4.79 Å². The molecule has 6 atom stereocenters. The Balaban J connectivity index is 1.70. The van der Waals surface area contributed by atoms with Crippen LogP contribution in [0.25, 0.3) is 4.85 Å². The number of carbonyl (C=O) groups is 1. The Morgan fingerprint density at radius 2 is 2.04 bits per heavy atom. The maximum Gasteiger partial charge on any atom is 0.162 e. The Labute approximate surface area is 157 Å². The number of rotatable bonds is 1. The molecule has 4 aliphatic carbocycles. The summed E-state index contributed by atoms with van der Waals surface area (Å²) in [6.07, 6.45) is 9.50. The smallest absolute Gasteiger partial charge is 0.162 e. The second-order valence-electron chi connectivity index (χ2n) is 9.66. The summed E-state index contributed by atoms with van der Waals surface area (Å²) in [6.45, 7) is 14.2. The number of aliphatic hydroxyl groups is 1. The molecule has 0 heterocycles. The first-order valence-electron chi connectivity index (χ1n) is 10.3. The fraction of sp³-hybridized carbons (Fsp3) is 0.739. The van der Waals surface area contributed by atoms with Crippen LogP contribution in [0.5, 0.6) is 0 Å². The van der Waals surface area contributed by atoms with Gasteiger partial charge >= 0.3 is 0 Å². The lowest BCUT2D eigenvalue weighted by molar-refractivity contribution is -0.129. The highest BCUT2D eigenvalue weighted by atomic mass is 16.3. The summed E-state index contributed by atoms with van der Waals surface area (Å²) in [6, 6.07) is 0. The minimum absolute atomic E-state index is 0.00266. The van der Waals surface area contributed by atoms with Crippen molar-refractivity contribution in [3.63, 3.8) is 0 Å². The van der Waals surface area contributed by atoms with Gasteiger partial charge in [-0.1, -0.05) is 31.1 Å². The first-order chi connectivity index (χ1) is 12.3. The fourth-order valence-corrected chi connectivity index (χ4v) is 7.31. The number of allylic oxidation sites excluding steroid dienone is 4. The molecule has 3 fully saturated rings. The number of ketones is 1. The topological polar surface area (TPSA) is 41.7 Å². The van der Waals surface area contributed by atoms with Crippen LogP contribution in [0, 0.1) is 41.1 Å². The van der Waals surface area contributed by atoms with Crippen molar-refractivity contribution in [2.75, 3.05) is 6.61 Å². The second-order valence-corrected chi connectivity index (χ2v) is 9.66. The lowest BCUT2D eigenvalue weighted by atomic mass is 9.47. The van der Waals surface area contributed by atoms with E-state index in [0.717, 1.165) is 25.0 Å². The molecule has 3 saturated carbocycles. The van der Waals surface area contributed by atoms with Crippen LogP contribution < -0.4 is 0 Å². The van der Waals surface area contributed by atoms with Gasteiger partial charge < -0.3 is 5.11 Å². The van der Waals surface area contributed by atoms with Crippen LogP contribution >= 0.6 is 0 Å². The van der Waals surface area contributed by atoms with Crippen molar-refractivity contribution in [1.29, 1.82) is 0 Å². The highest BCUT2D eigenvalue weighted by Gasteiger charge is 2.58. The summed E-state index contributed by atoms with van der Waals surface area (Å²) in [4.78, 5) is 16.1. The largest absolute Gasteiger partial charge is 0.396 e. The molecule has 0 radical (unpaired) electrons. The summed E-state index contributed by atoms with van der Waals surface area (Å²) < 4.78 is 0. The van der Waals surface area contributed by atoms with Gasteiger partial charge in [0, 0.05) is 12.3 Å². The van der Waals surface area contributed by atoms with Crippen LogP contribution in [0.4, 0.5) is 0 Å². The normalized spacial score (nSPS) is 46.6. The van der Waals surface area contributed by atoms with E-state index in [9.17, 15) is 9.90 Å². The molecule has 4 aliphatic rings. The Kier molecular flexibility index (Phi) is 4.19. The van der Waals surface area contributed by atoms with Crippen molar-refractivity contribution in [3.05, 3.63) is 34.3 Å². The third kappa shape index (κ3) is 2.31. The Bertz CT molecular complexity index is 742. The van der Waals surface area contributed by atoms with Gasteiger partial charge in [0.1, 0.15) is 5.78 Å². The van der Waals surface area contributed by atoms with Crippen molar-refractivity contribution in [2.24, 2.45) is 34.5 Å². The molecule has 26 heavy (non-hydrogen) atoms. The zero-order valence-electron chi connectivity index (χ0n) is 16.3. The SMILES string of the molecule is [C-]#[N+]/C(C)=C1/CC[C@H]2[C@@H]3CC=C4CC(=O)[C@@H](CO)C[C@]4(C)[C@H]3CC[C@]12C. The maximum atomic E-state index is 12.3. The lowest BCUT2D eigenvalue weighted by Crippen LogP contribution is -2.51. The summed E-state index contributed by atoms with van der Waals surface area (Å²) in [5.74, 6) is 2.00. The highest BCUT2D eigenvalue weighted by Crippen LogP contribution is 2.66. The van der Waals surface area contributed by atoms with E-state index in [2.05, 4.69) is 24.8 Å². The van der Waals surface area contributed by atoms with Gasteiger partial charge in [0.2, 0.25) is 0 Å². The van der Waals surface area contributed by atoms with Crippen LogP contribution in [0.1, 0.15) is 65.7 Å². The van der Waals surface area contributed by atoms with Gasteiger partial charge in [-0.25, -0.2) is 4.85 Å². The van der Waals surface area contributed by atoms with E-state index < -0.39 is 0 Å². The molecule has 3 heteroatoms. The van der Waals surface area contributed by atoms with Crippen LogP contribution in [-0.4, -0.2) is 17.5 Å². The predicted molar refractivity (Wildman–Crippen MR) is 102 cm³/mol. The fourth-order valence-electron chi connectivity index (χ4n) is 7.31. The van der Waals surface area contributed by atoms with Crippen molar-refractivity contribution in [1.82, 2.24) is 0 Å². The number of hydrogen-bond acceptors (Lipinski definition) is 2. The van der Waals surface area contributed by atoms with E-state index in [1.54, 1.807) is 0 Å². The van der Waals surface area contributed by atoms with Gasteiger partial charge in [-0.15, -0.1) is 0 Å². The van der Waals surface area contributed by atoms with E-state index in [1.807, 2.05) is 6.92 Å². The van der Waals surface area contributed by atoms with Gasteiger partial charge in [0.15, 0.2) is 5.70 Å². The molecule has 0 aromatic heterocycles. The Morgan fingerprint density at radius 1 is 1.31 bits per heavy atom. The summed E-state index contributed by atoms with van der Waals surface area (Å²) in [7, 11) is 0. The molecule has 0 aromatic rings. The van der Waals surface area contributed by atoms with Crippen LogP contribution in [-0.2, 0) is 4.79 Å². The van der Waals surface area contributed by atoms with E-state index in [4.69, 9.17) is 6.57 Å². The summed E-state index contributed by atoms with van der Waals surface area (Å²) in [5.41, 5.74) is 3.96. The van der Waals surface area contributed by atoms with Crippen molar-refractivity contribution < 1.29 is 9.90 Å². The van der Waals surface area contributed by atoms with Gasteiger partial charge in [-0.2, -0.15) is 0 Å². The number of Topliss-reactive ketones (excluding diaryl/α,β-unsaturated/α-hetero) is 1. The minimum Gasteiger partial charge on any atom is -0.396 e. The van der Waals surface area contributed by atoms with Crippen molar-refractivity contribution >= 4 is 5.78 Å². The second kappa shape index (κ2) is 6.06. The Hall–Kier alpha value is -1.40. The average molecular weight is 354 g/mol. The van der Waals surface area contributed by atoms with Gasteiger partial charge in [0.05, 0.1) is 13.2 Å². The molecule has 1 N–H and O–H groups in total. The van der Waals surface area contributed by atoms with Crippen LogP contribution in [0.2, 0.25) is 0 Å². The van der Waals surface area contributed by atoms with E-state index in [-0.39, 0.29) is 29.1 Å². The maximum absolute atomic E-state index is 12.3. The third-order valence-electron chi connectivity index (χ3n) is 8.73. The van der Waals surface area contributed by atoms with E-state index >= 15 is 0 Å². The van der Waals surface area contributed by atoms with E-state index in [0.29, 0.717) is 24.2 Å². The lowest BCUT2D eigenvalue weighted by Gasteiger charge is -2.57.